The van der Waals surface area contributed by atoms with Gasteiger partial charge in [-0.15, -0.1) is 0 Å². The molecule has 0 fully saturated rings. The van der Waals surface area contributed by atoms with E-state index in [0.29, 0.717) is 34.9 Å². The zero-order valence-corrected chi connectivity index (χ0v) is 55.9. The molecule has 100 heavy (non-hydrogen) atoms. The Morgan fingerprint density at radius 1 is 0.130 bits per heavy atom. The molecule has 8 nitrogen and oxygen atoms in total. The van der Waals surface area contributed by atoms with Gasteiger partial charge in [0.2, 0.25) is 0 Å². The van der Waals surface area contributed by atoms with E-state index in [4.69, 9.17) is 29.9 Å². The molecular weight excluding hydrogens is 1220 g/mol. The van der Waals surface area contributed by atoms with Crippen molar-refractivity contribution < 1.29 is 0 Å². The maximum absolute atomic E-state index is 5.11. The molecule has 0 unspecified atom stereocenters. The van der Waals surface area contributed by atoms with E-state index in [9.17, 15) is 0 Å². The summed E-state index contributed by atoms with van der Waals surface area (Å²) in [6, 6.07) is 118. The van der Waals surface area contributed by atoms with Crippen LogP contribution in [0, 0.1) is 27.7 Å². The molecule has 0 bridgehead atoms. The fourth-order valence-electron chi connectivity index (χ4n) is 13.4. The van der Waals surface area contributed by atoms with Crippen molar-refractivity contribution in [1.29, 1.82) is 0 Å². The normalized spacial score (nSPS) is 11.0. The Balaban J connectivity index is 0.000000176. The zero-order chi connectivity index (χ0) is 67.7. The molecule has 4 heterocycles. The van der Waals surface area contributed by atoms with Crippen LogP contribution in [0.4, 0.5) is 0 Å². The summed E-state index contributed by atoms with van der Waals surface area (Å²) < 4.78 is 0. The number of pyridine rings is 2. The summed E-state index contributed by atoms with van der Waals surface area (Å²) in [4.78, 5) is 39.6. The first-order valence-corrected chi connectivity index (χ1v) is 33.6. The van der Waals surface area contributed by atoms with Crippen molar-refractivity contribution in [2.75, 3.05) is 0 Å². The van der Waals surface area contributed by atoms with E-state index in [0.717, 1.165) is 89.5 Å². The summed E-state index contributed by atoms with van der Waals surface area (Å²) in [6.07, 6.45) is 0. The SMILES string of the molecule is Cc1cc(-c2ccccc2-c2ccccc2-c2ccccc2-c2ccccc2-c2cc(C)nc(C)c2)cc(C)n1.c1ccc(-c2nc(-c3ccccc3)nc(-c3ccccc3-c3ccccc3-c3ccccc3-c3ccccc3-c3nc(-c4ccccc4)nc(-c4ccccc4)n3)n2)cc1. The molecule has 0 saturated heterocycles. The first kappa shape index (κ1) is 63.0. The highest BCUT2D eigenvalue weighted by molar-refractivity contribution is 6.00. The van der Waals surface area contributed by atoms with Gasteiger partial charge >= 0.3 is 0 Å². The molecule has 0 amide bonds. The highest BCUT2D eigenvalue weighted by atomic mass is 15.0. The van der Waals surface area contributed by atoms with E-state index in [1.54, 1.807) is 0 Å². The Morgan fingerprint density at radius 2 is 0.280 bits per heavy atom. The van der Waals surface area contributed by atoms with E-state index in [2.05, 4.69) is 244 Å². The maximum atomic E-state index is 5.11. The highest BCUT2D eigenvalue weighted by Gasteiger charge is 2.23. The van der Waals surface area contributed by atoms with Crippen molar-refractivity contribution >= 4 is 0 Å². The number of aryl methyl sites for hydroxylation is 4. The van der Waals surface area contributed by atoms with Crippen molar-refractivity contribution in [2.24, 2.45) is 0 Å². The van der Waals surface area contributed by atoms with Gasteiger partial charge < -0.3 is 0 Å². The number of nitrogens with zero attached hydrogens (tertiary/aromatic N) is 8. The van der Waals surface area contributed by atoms with Gasteiger partial charge in [0.05, 0.1) is 0 Å². The summed E-state index contributed by atoms with van der Waals surface area (Å²) in [5.41, 5.74) is 28.0. The molecular formula is C92H68N8. The molecule has 0 saturated carbocycles. The fourth-order valence-corrected chi connectivity index (χ4v) is 13.4. The lowest BCUT2D eigenvalue weighted by molar-refractivity contribution is 1.07. The van der Waals surface area contributed by atoms with Gasteiger partial charge in [-0.2, -0.15) is 0 Å². The quantitative estimate of drug-likeness (QED) is 0.106. The number of hydrogen-bond donors (Lipinski definition) is 0. The number of benzene rings is 12. The minimum Gasteiger partial charge on any atom is -0.258 e. The average Bonchev–Trinajstić information content (AvgIpc) is 0.772. The second kappa shape index (κ2) is 28.7. The van der Waals surface area contributed by atoms with E-state index in [-0.39, 0.29) is 0 Å². The van der Waals surface area contributed by atoms with Gasteiger partial charge in [0.1, 0.15) is 0 Å². The van der Waals surface area contributed by atoms with Gasteiger partial charge in [0, 0.05) is 56.2 Å². The monoisotopic (exact) mass is 1280 g/mol. The Morgan fingerprint density at radius 3 is 0.490 bits per heavy atom. The molecule has 0 aliphatic rings. The molecule has 4 aromatic heterocycles. The molecule has 8 heteroatoms. The van der Waals surface area contributed by atoms with Crippen molar-refractivity contribution in [3.63, 3.8) is 0 Å². The molecule has 16 rings (SSSR count). The van der Waals surface area contributed by atoms with Crippen LogP contribution in [-0.2, 0) is 0 Å². The Hall–Kier alpha value is -13.0. The minimum atomic E-state index is 0.602. The van der Waals surface area contributed by atoms with Gasteiger partial charge in [0.15, 0.2) is 34.9 Å². The van der Waals surface area contributed by atoms with E-state index in [1.165, 1.54) is 55.6 Å². The summed E-state index contributed by atoms with van der Waals surface area (Å²) in [5.74, 6) is 3.68. The Kier molecular flexibility index (Phi) is 18.1. The largest absolute Gasteiger partial charge is 0.258 e. The zero-order valence-electron chi connectivity index (χ0n) is 55.9. The van der Waals surface area contributed by atoms with Crippen LogP contribution in [0.15, 0.2) is 340 Å². The molecule has 0 atom stereocenters. The van der Waals surface area contributed by atoms with Gasteiger partial charge in [-0.25, -0.2) is 29.9 Å². The van der Waals surface area contributed by atoms with Crippen LogP contribution in [0.1, 0.15) is 22.8 Å². The van der Waals surface area contributed by atoms with Gasteiger partial charge in [0.25, 0.3) is 0 Å². The number of hydrogen-bond acceptors (Lipinski definition) is 8. The van der Waals surface area contributed by atoms with Gasteiger partial charge in [-0.1, -0.05) is 315 Å². The summed E-state index contributed by atoms with van der Waals surface area (Å²) in [5, 5.41) is 0. The van der Waals surface area contributed by atoms with Crippen LogP contribution in [0.3, 0.4) is 0 Å². The molecule has 0 radical (unpaired) electrons. The van der Waals surface area contributed by atoms with E-state index in [1.807, 2.05) is 133 Å². The second-order valence-corrected chi connectivity index (χ2v) is 24.7. The third-order valence-corrected chi connectivity index (χ3v) is 17.8. The van der Waals surface area contributed by atoms with Gasteiger partial charge in [-0.05, 0) is 141 Å². The summed E-state index contributed by atoms with van der Waals surface area (Å²) in [6.45, 7) is 8.25. The van der Waals surface area contributed by atoms with Crippen LogP contribution >= 0.6 is 0 Å². The smallest absolute Gasteiger partial charge is 0.164 e. The molecule has 0 aliphatic carbocycles. The molecule has 476 valence electrons. The standard InChI is InChI=1S/C54H36N6.C38H32N2/c1-5-21-37(22-6-1)49-55-50(38-23-7-2-8-24-38)58-53(57-49)47-35-19-17-33-45(47)43-31-15-13-29-41(43)42-30-14-16-32-44(42)46-34-18-20-36-48(46)54-59-51(39-25-9-3-10-26-39)56-52(60-54)40-27-11-4-12-28-40;1-25-21-29(22-26(2)39-25)31-13-5-7-15-33(31)35-17-9-11-19-37(35)38-20-12-10-18-36(38)34-16-8-6-14-32(34)30-23-27(3)40-28(4)24-30/h1-36H;5-24H,1-4H3. The third-order valence-electron chi connectivity index (χ3n) is 17.8. The lowest BCUT2D eigenvalue weighted by Gasteiger charge is -2.19. The second-order valence-electron chi connectivity index (χ2n) is 24.7. The maximum Gasteiger partial charge on any atom is 0.164 e. The Bertz CT molecular complexity index is 5100. The van der Waals surface area contributed by atoms with Gasteiger partial charge in [-0.3, -0.25) is 9.97 Å². The fraction of sp³-hybridized carbons (Fsp3) is 0.0435. The molecule has 0 aliphatic heterocycles. The minimum absolute atomic E-state index is 0.602. The first-order valence-electron chi connectivity index (χ1n) is 33.6. The molecule has 12 aromatic carbocycles. The van der Waals surface area contributed by atoms with Crippen LogP contribution in [0.25, 0.3) is 157 Å². The average molecular weight is 1290 g/mol. The van der Waals surface area contributed by atoms with Crippen molar-refractivity contribution in [2.45, 2.75) is 27.7 Å². The van der Waals surface area contributed by atoms with Crippen molar-refractivity contribution in [3.05, 3.63) is 362 Å². The molecule has 0 spiro atoms. The predicted octanol–water partition coefficient (Wildman–Crippen LogP) is 23.1. The Labute approximate surface area is 584 Å². The first-order chi connectivity index (χ1) is 49.2. The lowest BCUT2D eigenvalue weighted by Crippen LogP contribution is -2.01. The number of rotatable bonds is 14. The highest BCUT2D eigenvalue weighted by Crippen LogP contribution is 2.46. The van der Waals surface area contributed by atoms with Crippen LogP contribution in [0.5, 0.6) is 0 Å². The lowest BCUT2D eigenvalue weighted by atomic mass is 9.85. The van der Waals surface area contributed by atoms with Crippen LogP contribution < -0.4 is 0 Å². The summed E-state index contributed by atoms with van der Waals surface area (Å²) in [7, 11) is 0. The molecule has 0 N–H and O–H groups in total. The van der Waals surface area contributed by atoms with E-state index >= 15 is 0 Å². The predicted molar refractivity (Wildman–Crippen MR) is 410 cm³/mol. The number of aromatic nitrogens is 8. The molecule has 16 aromatic rings. The van der Waals surface area contributed by atoms with E-state index < -0.39 is 0 Å². The topological polar surface area (TPSA) is 103 Å². The third kappa shape index (κ3) is 13.5. The summed E-state index contributed by atoms with van der Waals surface area (Å²) >= 11 is 0. The van der Waals surface area contributed by atoms with Crippen LogP contribution in [-0.4, -0.2) is 39.9 Å². The van der Waals surface area contributed by atoms with Crippen LogP contribution in [0.2, 0.25) is 0 Å². The van der Waals surface area contributed by atoms with Crippen molar-refractivity contribution in [1.82, 2.24) is 39.9 Å². The van der Waals surface area contributed by atoms with Crippen molar-refractivity contribution in [3.8, 4) is 157 Å².